The molecule has 0 radical (unpaired) electrons. The van der Waals surface area contributed by atoms with Crippen LogP contribution in [0.4, 0.5) is 5.69 Å². The topological polar surface area (TPSA) is 58.4 Å². The van der Waals surface area contributed by atoms with E-state index in [1.807, 2.05) is 29.2 Å². The van der Waals surface area contributed by atoms with Gasteiger partial charge < -0.3 is 16.0 Å². The highest BCUT2D eigenvalue weighted by Crippen LogP contribution is 2.38. The van der Waals surface area contributed by atoms with Crippen molar-refractivity contribution in [2.75, 3.05) is 31.1 Å². The molecule has 22 heavy (non-hydrogen) atoms. The fraction of sp³-hybridized carbons (Fsp3) is 0.562. The van der Waals surface area contributed by atoms with Crippen molar-refractivity contribution in [1.82, 2.24) is 10.2 Å². The Morgan fingerprint density at radius 1 is 1.27 bits per heavy atom. The van der Waals surface area contributed by atoms with Gasteiger partial charge in [-0.3, -0.25) is 4.79 Å². The van der Waals surface area contributed by atoms with Gasteiger partial charge in [0.2, 0.25) is 5.91 Å². The number of hydrogen-bond acceptors (Lipinski definition) is 4. The Balaban J connectivity index is 0.00000242. The normalized spacial score (nSPS) is 17.6. The first-order valence-electron chi connectivity index (χ1n) is 7.69. The number of carbonyl (C=O) groups excluding carboxylic acids is 1. The van der Waals surface area contributed by atoms with Crippen LogP contribution in [0.5, 0.6) is 0 Å². The van der Waals surface area contributed by atoms with Crippen LogP contribution in [0, 0.1) is 0 Å². The molecule has 0 aliphatic carbocycles. The summed E-state index contributed by atoms with van der Waals surface area (Å²) in [6.07, 6.45) is 3.43. The number of nitrogens with two attached hydrogens (primary N) is 1. The van der Waals surface area contributed by atoms with E-state index in [4.69, 9.17) is 5.73 Å². The Kier molecular flexibility index (Phi) is 8.68. The van der Waals surface area contributed by atoms with E-state index in [9.17, 15) is 4.79 Å². The summed E-state index contributed by atoms with van der Waals surface area (Å²) < 4.78 is 0. The van der Waals surface area contributed by atoms with Crippen molar-refractivity contribution in [3.05, 3.63) is 29.8 Å². The highest BCUT2D eigenvalue weighted by atomic mass is 35.5. The van der Waals surface area contributed by atoms with Crippen molar-refractivity contribution in [1.29, 1.82) is 0 Å². The number of thioether (sulfide) groups is 1. The molecule has 6 heteroatoms. The average molecular weight is 344 g/mol. The quantitative estimate of drug-likeness (QED) is 0.562. The summed E-state index contributed by atoms with van der Waals surface area (Å²) in [4.78, 5) is 14.0. The van der Waals surface area contributed by atoms with Gasteiger partial charge in [0.15, 0.2) is 0 Å². The molecule has 0 bridgehead atoms. The van der Waals surface area contributed by atoms with Crippen molar-refractivity contribution in [3.63, 3.8) is 0 Å². The van der Waals surface area contributed by atoms with Gasteiger partial charge in [-0.15, -0.1) is 24.2 Å². The predicted molar refractivity (Wildman–Crippen MR) is 97.4 cm³/mol. The van der Waals surface area contributed by atoms with Gasteiger partial charge in [-0.1, -0.05) is 25.5 Å². The molecule has 1 atom stereocenters. The maximum Gasteiger partial charge on any atom is 0.233 e. The Morgan fingerprint density at radius 2 is 1.95 bits per heavy atom. The number of rotatable bonds is 8. The highest BCUT2D eigenvalue weighted by Gasteiger charge is 2.32. The fourth-order valence-corrected chi connectivity index (χ4v) is 3.65. The second-order valence-corrected chi connectivity index (χ2v) is 6.44. The molecular formula is C16H26ClN3OS. The van der Waals surface area contributed by atoms with Crippen LogP contribution in [0.3, 0.4) is 0 Å². The molecule has 4 nitrogen and oxygen atoms in total. The second-order valence-electron chi connectivity index (χ2n) is 5.37. The number of nitrogens with zero attached hydrogens (tertiary/aromatic N) is 1. The molecule has 3 N–H and O–H groups in total. The zero-order valence-corrected chi connectivity index (χ0v) is 14.7. The van der Waals surface area contributed by atoms with E-state index in [1.54, 1.807) is 11.8 Å². The number of nitrogen functional groups attached to an aromatic ring is 1. The lowest BCUT2D eigenvalue weighted by Gasteiger charge is -2.24. The Hall–Kier alpha value is -0.910. The molecule has 1 aromatic carbocycles. The molecule has 1 fully saturated rings. The van der Waals surface area contributed by atoms with E-state index in [0.29, 0.717) is 5.75 Å². The summed E-state index contributed by atoms with van der Waals surface area (Å²) in [7, 11) is 0. The number of nitrogens with one attached hydrogen (secondary N) is 1. The van der Waals surface area contributed by atoms with Gasteiger partial charge in [0.25, 0.3) is 0 Å². The number of hydrogen-bond donors (Lipinski definition) is 2. The zero-order valence-electron chi connectivity index (χ0n) is 13.1. The van der Waals surface area contributed by atoms with Crippen LogP contribution < -0.4 is 11.1 Å². The minimum atomic E-state index is 0. The summed E-state index contributed by atoms with van der Waals surface area (Å²) >= 11 is 1.70. The molecule has 1 aliphatic rings. The van der Waals surface area contributed by atoms with Crippen molar-refractivity contribution in [3.8, 4) is 0 Å². The minimum Gasteiger partial charge on any atom is -0.399 e. The fourth-order valence-electron chi connectivity index (χ4n) is 2.43. The predicted octanol–water partition coefficient (Wildman–Crippen LogP) is 3.04. The minimum absolute atomic E-state index is 0. The van der Waals surface area contributed by atoms with Gasteiger partial charge in [0.05, 0.1) is 5.75 Å². The van der Waals surface area contributed by atoms with Gasteiger partial charge in [0.1, 0.15) is 5.37 Å². The lowest BCUT2D eigenvalue weighted by molar-refractivity contribution is -0.128. The van der Waals surface area contributed by atoms with Crippen molar-refractivity contribution in [2.45, 2.75) is 31.6 Å². The SMILES string of the molecule is CCCCNCCCN1C(=O)CSC1c1ccc(N)cc1.Cl. The van der Waals surface area contributed by atoms with Crippen LogP contribution in [0.1, 0.15) is 37.1 Å². The molecule has 1 aromatic rings. The number of amides is 1. The van der Waals surface area contributed by atoms with E-state index in [0.717, 1.165) is 31.7 Å². The van der Waals surface area contributed by atoms with E-state index < -0.39 is 0 Å². The standard InChI is InChI=1S/C16H25N3OS.ClH/c1-2-3-9-18-10-4-11-19-15(20)12-21-16(19)13-5-7-14(17)8-6-13;/h5-8,16,18H,2-4,9-12,17H2,1H3;1H. The van der Waals surface area contributed by atoms with E-state index in [2.05, 4.69) is 12.2 Å². The molecule has 1 aliphatic heterocycles. The molecular weight excluding hydrogens is 318 g/mol. The van der Waals surface area contributed by atoms with Crippen molar-refractivity contribution >= 4 is 35.8 Å². The van der Waals surface area contributed by atoms with E-state index in [-0.39, 0.29) is 23.7 Å². The smallest absolute Gasteiger partial charge is 0.233 e. The van der Waals surface area contributed by atoms with Crippen LogP contribution in [0.15, 0.2) is 24.3 Å². The first kappa shape index (κ1) is 19.1. The summed E-state index contributed by atoms with van der Waals surface area (Å²) in [5.41, 5.74) is 7.66. The molecule has 1 amide bonds. The lowest BCUT2D eigenvalue weighted by atomic mass is 10.2. The number of benzene rings is 1. The average Bonchev–Trinajstić information content (AvgIpc) is 2.85. The van der Waals surface area contributed by atoms with Crippen LogP contribution >= 0.6 is 24.2 Å². The first-order valence-corrected chi connectivity index (χ1v) is 8.74. The maximum absolute atomic E-state index is 12.1. The van der Waals surface area contributed by atoms with Crippen molar-refractivity contribution in [2.24, 2.45) is 0 Å². The number of anilines is 1. The molecule has 1 saturated heterocycles. The number of carbonyl (C=O) groups is 1. The Morgan fingerprint density at radius 3 is 2.64 bits per heavy atom. The van der Waals surface area contributed by atoms with Crippen molar-refractivity contribution < 1.29 is 4.79 Å². The first-order chi connectivity index (χ1) is 10.2. The van der Waals surface area contributed by atoms with Gasteiger partial charge >= 0.3 is 0 Å². The monoisotopic (exact) mass is 343 g/mol. The third kappa shape index (κ3) is 5.38. The number of unbranched alkanes of at least 4 members (excludes halogenated alkanes) is 1. The summed E-state index contributed by atoms with van der Waals surface area (Å²) in [5, 5.41) is 3.57. The van der Waals surface area contributed by atoms with Crippen LogP contribution in [-0.2, 0) is 4.79 Å². The summed E-state index contributed by atoms with van der Waals surface area (Å²) in [6, 6.07) is 7.86. The Bertz CT molecular complexity index is 455. The third-order valence-electron chi connectivity index (χ3n) is 3.65. The third-order valence-corrected chi connectivity index (χ3v) is 4.91. The zero-order chi connectivity index (χ0) is 15.1. The summed E-state index contributed by atoms with van der Waals surface area (Å²) in [5.74, 6) is 0.827. The van der Waals surface area contributed by atoms with Crippen LogP contribution in [0.2, 0.25) is 0 Å². The largest absolute Gasteiger partial charge is 0.399 e. The molecule has 1 unspecified atom stereocenters. The molecule has 2 rings (SSSR count). The van der Waals surface area contributed by atoms with Gasteiger partial charge in [-0.25, -0.2) is 0 Å². The Labute approximate surface area is 143 Å². The highest BCUT2D eigenvalue weighted by molar-refractivity contribution is 8.00. The summed E-state index contributed by atoms with van der Waals surface area (Å²) in [6.45, 7) is 5.06. The molecule has 0 spiro atoms. The van der Waals surface area contributed by atoms with Gasteiger partial charge in [0, 0.05) is 12.2 Å². The van der Waals surface area contributed by atoms with E-state index >= 15 is 0 Å². The second kappa shape index (κ2) is 9.98. The lowest BCUT2D eigenvalue weighted by Crippen LogP contribution is -2.31. The molecule has 1 heterocycles. The maximum atomic E-state index is 12.1. The van der Waals surface area contributed by atoms with E-state index in [1.165, 1.54) is 18.4 Å². The molecule has 0 aromatic heterocycles. The van der Waals surface area contributed by atoms with Gasteiger partial charge in [-0.2, -0.15) is 0 Å². The molecule has 0 saturated carbocycles. The molecule has 124 valence electrons. The number of halogens is 1. The van der Waals surface area contributed by atoms with Gasteiger partial charge in [-0.05, 0) is 43.6 Å². The van der Waals surface area contributed by atoms with Crippen LogP contribution in [0.25, 0.3) is 0 Å². The van der Waals surface area contributed by atoms with Crippen LogP contribution in [-0.4, -0.2) is 36.2 Å².